The maximum Gasteiger partial charge on any atom is 0.295 e. The lowest BCUT2D eigenvalue weighted by Gasteiger charge is -2.31. The van der Waals surface area contributed by atoms with E-state index >= 15 is 0 Å². The maximum atomic E-state index is 14.9. The first kappa shape index (κ1) is 27.9. The summed E-state index contributed by atoms with van der Waals surface area (Å²) in [6.45, 7) is 4.95. The van der Waals surface area contributed by atoms with Crippen molar-refractivity contribution in [3.8, 4) is 5.75 Å². The number of hydrogen-bond donors (Lipinski definition) is 1. The van der Waals surface area contributed by atoms with Crippen molar-refractivity contribution in [3.63, 3.8) is 0 Å². The van der Waals surface area contributed by atoms with Gasteiger partial charge in [-0.2, -0.15) is 0 Å². The number of carbonyl (C=O) groups excluding carboxylic acids is 1. The summed E-state index contributed by atoms with van der Waals surface area (Å²) in [5, 5.41) is 3.45. The maximum absolute atomic E-state index is 14.9. The fourth-order valence-electron chi connectivity index (χ4n) is 5.24. The lowest BCUT2D eigenvalue weighted by atomic mass is 10.0. The topological polar surface area (TPSA) is 89.4 Å². The Hall–Kier alpha value is -3.70. The second-order valence-electron chi connectivity index (χ2n) is 10.6. The lowest BCUT2D eigenvalue weighted by molar-refractivity contribution is -0.130. The molecule has 5 rings (SSSR count). The Balaban J connectivity index is 1.58. The molecule has 12 heteroatoms. The summed E-state index contributed by atoms with van der Waals surface area (Å²) in [5.41, 5.74) is -1.97. The zero-order valence-corrected chi connectivity index (χ0v) is 22.5. The second-order valence-corrected chi connectivity index (χ2v) is 10.6. The third-order valence-electron chi connectivity index (χ3n) is 7.82. The van der Waals surface area contributed by atoms with Crippen LogP contribution in [0, 0.1) is 12.7 Å². The van der Waals surface area contributed by atoms with Crippen LogP contribution in [0.3, 0.4) is 0 Å². The molecule has 1 saturated carbocycles. The molecule has 8 nitrogen and oxygen atoms in total. The van der Waals surface area contributed by atoms with E-state index in [4.69, 9.17) is 4.74 Å². The van der Waals surface area contributed by atoms with E-state index in [1.807, 2.05) is 0 Å². The molecule has 0 bridgehead atoms. The monoisotopic (exact) mass is 561 g/mol. The van der Waals surface area contributed by atoms with Crippen LogP contribution < -0.4 is 15.6 Å². The molecule has 1 aliphatic heterocycles. The van der Waals surface area contributed by atoms with Crippen molar-refractivity contribution in [1.29, 1.82) is 0 Å². The standard InChI is InChI=1S/C28H31F4N5O3/c1-15(19-5-4-6-20(22(19)30)25(31)32)33-26-21-13-37(28(14-29)9-10-28)27(39)24(23(21)34-16(2)35-26)40-18-7-11-36(12-8-18)17(3)38/h4-6,13,15,18,25H,7-12,14H2,1-3H3,(H,33,34,35)/t15-/m1/s1. The van der Waals surface area contributed by atoms with Gasteiger partial charge < -0.3 is 19.5 Å². The van der Waals surface area contributed by atoms with Crippen molar-refractivity contribution in [2.45, 2.75) is 70.6 Å². The van der Waals surface area contributed by atoms with Gasteiger partial charge in [-0.05, 0) is 26.7 Å². The Labute approximate surface area is 228 Å². The Morgan fingerprint density at radius 1 is 1.20 bits per heavy atom. The quantitative estimate of drug-likeness (QED) is 0.381. The van der Waals surface area contributed by atoms with E-state index in [-0.39, 0.29) is 34.7 Å². The van der Waals surface area contributed by atoms with Gasteiger partial charge in [0.1, 0.15) is 35.8 Å². The number of aromatic nitrogens is 3. The first-order chi connectivity index (χ1) is 19.0. The molecular formula is C28H31F4N5O3. The van der Waals surface area contributed by atoms with Gasteiger partial charge in [-0.25, -0.2) is 27.5 Å². The average Bonchev–Trinajstić information content (AvgIpc) is 3.71. The Kier molecular flexibility index (Phi) is 7.45. The van der Waals surface area contributed by atoms with Gasteiger partial charge in [0.25, 0.3) is 12.0 Å². The summed E-state index contributed by atoms with van der Waals surface area (Å²) in [6.07, 6.45) is 0.133. The highest BCUT2D eigenvalue weighted by molar-refractivity contribution is 5.92. The molecule has 2 fully saturated rings. The van der Waals surface area contributed by atoms with E-state index in [0.717, 1.165) is 6.07 Å². The molecule has 2 aliphatic rings. The highest BCUT2D eigenvalue weighted by Crippen LogP contribution is 2.44. The smallest absolute Gasteiger partial charge is 0.295 e. The molecule has 214 valence electrons. The molecule has 1 amide bonds. The van der Waals surface area contributed by atoms with Crippen LogP contribution in [0.1, 0.15) is 68.9 Å². The van der Waals surface area contributed by atoms with Gasteiger partial charge in [0.2, 0.25) is 11.7 Å². The van der Waals surface area contributed by atoms with Crippen LogP contribution in [0.4, 0.5) is 23.4 Å². The number of carbonyl (C=O) groups is 1. The Morgan fingerprint density at radius 2 is 1.88 bits per heavy atom. The zero-order chi connectivity index (χ0) is 28.8. The molecule has 1 N–H and O–H groups in total. The van der Waals surface area contributed by atoms with Crippen molar-refractivity contribution >= 4 is 22.6 Å². The summed E-state index contributed by atoms with van der Waals surface area (Å²) in [5.74, 6) is -0.556. The molecule has 1 atom stereocenters. The van der Waals surface area contributed by atoms with Crippen molar-refractivity contribution in [2.75, 3.05) is 25.1 Å². The highest BCUT2D eigenvalue weighted by atomic mass is 19.3. The molecule has 0 radical (unpaired) electrons. The molecule has 2 aromatic heterocycles. The van der Waals surface area contributed by atoms with Gasteiger partial charge in [-0.15, -0.1) is 0 Å². The number of fused-ring (bicyclic) bond motifs is 1. The van der Waals surface area contributed by atoms with Crippen molar-refractivity contribution < 1.29 is 27.1 Å². The number of nitrogens with zero attached hydrogens (tertiary/aromatic N) is 4. The second kappa shape index (κ2) is 10.7. The molecule has 1 aliphatic carbocycles. The van der Waals surface area contributed by atoms with Crippen LogP contribution in [-0.4, -0.2) is 51.2 Å². The molecule has 1 aromatic carbocycles. The summed E-state index contributed by atoms with van der Waals surface area (Å²) >= 11 is 0. The van der Waals surface area contributed by atoms with E-state index in [0.29, 0.717) is 50.0 Å². The van der Waals surface area contributed by atoms with Gasteiger partial charge >= 0.3 is 0 Å². The van der Waals surface area contributed by atoms with Crippen molar-refractivity contribution in [1.82, 2.24) is 19.4 Å². The molecule has 1 saturated heterocycles. The van der Waals surface area contributed by atoms with Crippen LogP contribution in [0.2, 0.25) is 0 Å². The first-order valence-corrected chi connectivity index (χ1v) is 13.3. The van der Waals surface area contributed by atoms with Crippen LogP contribution in [0.25, 0.3) is 10.9 Å². The fourth-order valence-corrected chi connectivity index (χ4v) is 5.24. The number of ether oxygens (including phenoxy) is 1. The van der Waals surface area contributed by atoms with Gasteiger partial charge in [-0.3, -0.25) is 9.59 Å². The first-order valence-electron chi connectivity index (χ1n) is 13.3. The number of rotatable bonds is 8. The Morgan fingerprint density at radius 3 is 2.48 bits per heavy atom. The summed E-state index contributed by atoms with van der Waals surface area (Å²) < 4.78 is 63.3. The molecule has 0 spiro atoms. The van der Waals surface area contributed by atoms with E-state index in [1.54, 1.807) is 18.7 Å². The van der Waals surface area contributed by atoms with Crippen LogP contribution in [0.5, 0.6) is 5.75 Å². The number of anilines is 1. The van der Waals surface area contributed by atoms with Crippen LogP contribution in [-0.2, 0) is 10.3 Å². The Bertz CT molecular complexity index is 1500. The fraction of sp³-hybridized carbons (Fsp3) is 0.500. The zero-order valence-electron chi connectivity index (χ0n) is 22.5. The molecule has 0 unspecified atom stereocenters. The van der Waals surface area contributed by atoms with Crippen LogP contribution >= 0.6 is 0 Å². The van der Waals surface area contributed by atoms with Gasteiger partial charge in [0.05, 0.1) is 22.5 Å². The minimum Gasteiger partial charge on any atom is -0.483 e. The number of likely N-dealkylation sites (tertiary alicyclic amines) is 1. The van der Waals surface area contributed by atoms with Crippen molar-refractivity contribution in [2.24, 2.45) is 0 Å². The molecule has 3 heterocycles. The number of alkyl halides is 3. The summed E-state index contributed by atoms with van der Waals surface area (Å²) in [4.78, 5) is 36.1. The van der Waals surface area contributed by atoms with E-state index < -0.39 is 41.6 Å². The lowest BCUT2D eigenvalue weighted by Crippen LogP contribution is -2.41. The SMILES string of the molecule is CC(=O)N1CCC(Oc2c(=O)n(C3(CF)CC3)cc3c(N[C@H](C)c4cccc(C(F)F)c4F)nc(C)nc23)CC1. The van der Waals surface area contributed by atoms with Gasteiger partial charge in [0, 0.05) is 44.6 Å². The highest BCUT2D eigenvalue weighted by Gasteiger charge is 2.46. The molecule has 3 aromatic rings. The number of aryl methyl sites for hydroxylation is 1. The minimum atomic E-state index is -2.97. The number of amides is 1. The average molecular weight is 562 g/mol. The number of hydrogen-bond acceptors (Lipinski definition) is 6. The third-order valence-corrected chi connectivity index (χ3v) is 7.82. The predicted octanol–water partition coefficient (Wildman–Crippen LogP) is 5.20. The van der Waals surface area contributed by atoms with Gasteiger partial charge in [0.15, 0.2) is 0 Å². The molecular weight excluding hydrogens is 530 g/mol. The van der Waals surface area contributed by atoms with E-state index in [1.165, 1.54) is 29.8 Å². The van der Waals surface area contributed by atoms with Gasteiger partial charge in [-0.1, -0.05) is 18.2 Å². The summed E-state index contributed by atoms with van der Waals surface area (Å²) in [6, 6.07) is 3.03. The van der Waals surface area contributed by atoms with Crippen molar-refractivity contribution in [3.05, 3.63) is 57.5 Å². The molecule has 40 heavy (non-hydrogen) atoms. The number of halogens is 4. The van der Waals surface area contributed by atoms with E-state index in [9.17, 15) is 27.2 Å². The third kappa shape index (κ3) is 5.11. The summed E-state index contributed by atoms with van der Waals surface area (Å²) in [7, 11) is 0. The van der Waals surface area contributed by atoms with Crippen LogP contribution in [0.15, 0.2) is 29.2 Å². The van der Waals surface area contributed by atoms with E-state index in [2.05, 4.69) is 15.3 Å². The largest absolute Gasteiger partial charge is 0.483 e. The number of pyridine rings is 1. The number of nitrogens with one attached hydrogen (secondary N) is 1. The number of piperidine rings is 1. The predicted molar refractivity (Wildman–Crippen MR) is 141 cm³/mol. The number of benzene rings is 1. The normalized spacial score (nSPS) is 17.8. The minimum absolute atomic E-state index is 0.0201.